The van der Waals surface area contributed by atoms with Gasteiger partial charge in [0.2, 0.25) is 11.0 Å². The molecule has 2 aromatic rings. The molecule has 146 valence electrons. The Bertz CT molecular complexity index is 919. The number of oxime groups is 1. The second kappa shape index (κ2) is 8.10. The number of amides is 1. The lowest BCUT2D eigenvalue weighted by molar-refractivity contribution is -0.119. The highest BCUT2D eigenvalue weighted by Gasteiger charge is 2.22. The molecule has 0 aliphatic carbocycles. The monoisotopic (exact) mass is 397 g/mol. The number of hydrogen-bond donors (Lipinski definition) is 1. The summed E-state index contributed by atoms with van der Waals surface area (Å²) >= 11 is 1.64. The van der Waals surface area contributed by atoms with Gasteiger partial charge in [-0.15, -0.1) is 10.2 Å². The SMILES string of the molecule is CC(=O)NCC1CC(c2ccc(C3=CCN(c4nnc(C)s4)CC3)cc2)=NO1. The Morgan fingerprint density at radius 1 is 1.29 bits per heavy atom. The van der Waals surface area contributed by atoms with E-state index in [1.54, 1.807) is 11.3 Å². The van der Waals surface area contributed by atoms with Crippen molar-refractivity contribution in [2.75, 3.05) is 24.5 Å². The molecule has 1 N–H and O–H groups in total. The van der Waals surface area contributed by atoms with Crippen molar-refractivity contribution in [2.24, 2.45) is 5.16 Å². The van der Waals surface area contributed by atoms with Crippen LogP contribution in [0.5, 0.6) is 0 Å². The number of aryl methyl sites for hydroxylation is 1. The number of nitrogens with one attached hydrogen (secondary N) is 1. The van der Waals surface area contributed by atoms with Gasteiger partial charge in [-0.1, -0.05) is 46.8 Å². The molecule has 2 aliphatic rings. The number of hydrogen-bond acceptors (Lipinski definition) is 7. The van der Waals surface area contributed by atoms with E-state index in [1.165, 1.54) is 18.1 Å². The van der Waals surface area contributed by atoms with Crippen LogP contribution >= 0.6 is 11.3 Å². The normalized spacial score (nSPS) is 19.1. The van der Waals surface area contributed by atoms with Crippen LogP contribution in [0.25, 0.3) is 5.57 Å². The van der Waals surface area contributed by atoms with Gasteiger partial charge in [0.15, 0.2) is 0 Å². The molecular formula is C20H23N5O2S. The molecule has 1 unspecified atom stereocenters. The fraction of sp³-hybridized carbons (Fsp3) is 0.400. The highest BCUT2D eigenvalue weighted by atomic mass is 32.1. The lowest BCUT2D eigenvalue weighted by Gasteiger charge is -2.25. The second-order valence-electron chi connectivity index (χ2n) is 7.01. The molecule has 1 aromatic heterocycles. The first-order valence-electron chi connectivity index (χ1n) is 9.40. The predicted octanol–water partition coefficient (Wildman–Crippen LogP) is 2.77. The summed E-state index contributed by atoms with van der Waals surface area (Å²) in [4.78, 5) is 18.7. The molecule has 28 heavy (non-hydrogen) atoms. The molecule has 8 heteroatoms. The Morgan fingerprint density at radius 2 is 2.07 bits per heavy atom. The number of carbonyl (C=O) groups is 1. The Hall–Kier alpha value is -2.74. The zero-order valence-corrected chi connectivity index (χ0v) is 16.8. The lowest BCUT2D eigenvalue weighted by atomic mass is 9.96. The first kappa shape index (κ1) is 18.6. The van der Waals surface area contributed by atoms with Crippen molar-refractivity contribution in [2.45, 2.75) is 32.8 Å². The molecule has 0 fully saturated rings. The van der Waals surface area contributed by atoms with Gasteiger partial charge in [0.05, 0.1) is 12.3 Å². The molecule has 0 spiro atoms. The van der Waals surface area contributed by atoms with Crippen LogP contribution in [0.15, 0.2) is 35.5 Å². The number of benzene rings is 1. The van der Waals surface area contributed by atoms with Crippen LogP contribution in [0.1, 0.15) is 35.9 Å². The maximum Gasteiger partial charge on any atom is 0.217 e. The highest BCUT2D eigenvalue weighted by Crippen LogP contribution is 2.28. The van der Waals surface area contributed by atoms with E-state index < -0.39 is 0 Å². The summed E-state index contributed by atoms with van der Waals surface area (Å²) < 4.78 is 0. The van der Waals surface area contributed by atoms with Crippen LogP contribution in [-0.4, -0.2) is 47.6 Å². The summed E-state index contributed by atoms with van der Waals surface area (Å²) in [6, 6.07) is 8.49. The zero-order valence-electron chi connectivity index (χ0n) is 16.0. The van der Waals surface area contributed by atoms with E-state index in [9.17, 15) is 4.79 Å². The summed E-state index contributed by atoms with van der Waals surface area (Å²) in [6.45, 7) is 5.78. The second-order valence-corrected chi connectivity index (χ2v) is 8.17. The quantitative estimate of drug-likeness (QED) is 0.839. The Kier molecular flexibility index (Phi) is 5.38. The summed E-state index contributed by atoms with van der Waals surface area (Å²) in [5.41, 5.74) is 4.59. The number of carbonyl (C=O) groups excluding carboxylic acids is 1. The molecule has 7 nitrogen and oxygen atoms in total. The molecule has 0 bridgehead atoms. The third-order valence-corrected chi connectivity index (χ3v) is 5.80. The van der Waals surface area contributed by atoms with E-state index in [4.69, 9.17) is 4.84 Å². The molecule has 0 radical (unpaired) electrons. The standard InChI is InChI=1S/C20H23N5O2S/c1-13(26)21-12-18-11-19(24-27-18)17-5-3-15(4-6-17)16-7-9-25(10-8-16)20-23-22-14(2)28-20/h3-7,18H,8-12H2,1-2H3,(H,21,26). The van der Waals surface area contributed by atoms with Crippen LogP contribution in [-0.2, 0) is 9.63 Å². The van der Waals surface area contributed by atoms with Crippen LogP contribution < -0.4 is 10.2 Å². The molecular weight excluding hydrogens is 374 g/mol. The van der Waals surface area contributed by atoms with Gasteiger partial charge >= 0.3 is 0 Å². The molecule has 4 rings (SSSR count). The van der Waals surface area contributed by atoms with E-state index >= 15 is 0 Å². The van der Waals surface area contributed by atoms with Crippen LogP contribution in [0, 0.1) is 6.92 Å². The zero-order chi connectivity index (χ0) is 19.5. The fourth-order valence-corrected chi connectivity index (χ4v) is 4.08. The minimum Gasteiger partial charge on any atom is -0.390 e. The smallest absolute Gasteiger partial charge is 0.217 e. The van der Waals surface area contributed by atoms with Gasteiger partial charge in [-0.05, 0) is 30.0 Å². The Morgan fingerprint density at radius 3 is 2.71 bits per heavy atom. The molecule has 3 heterocycles. The van der Waals surface area contributed by atoms with Crippen molar-refractivity contribution in [3.05, 3.63) is 46.5 Å². The third-order valence-electron chi connectivity index (χ3n) is 4.90. The van der Waals surface area contributed by atoms with Crippen molar-refractivity contribution in [1.82, 2.24) is 15.5 Å². The lowest BCUT2D eigenvalue weighted by Crippen LogP contribution is -2.30. The molecule has 0 saturated heterocycles. The largest absolute Gasteiger partial charge is 0.390 e. The maximum atomic E-state index is 11.0. The average molecular weight is 398 g/mol. The minimum atomic E-state index is -0.0883. The number of aromatic nitrogens is 2. The van der Waals surface area contributed by atoms with E-state index in [0.717, 1.165) is 40.9 Å². The topological polar surface area (TPSA) is 79.7 Å². The van der Waals surface area contributed by atoms with E-state index in [-0.39, 0.29) is 12.0 Å². The fourth-order valence-electron chi connectivity index (χ4n) is 3.36. The summed E-state index contributed by atoms with van der Waals surface area (Å²) in [7, 11) is 0. The first-order valence-corrected chi connectivity index (χ1v) is 10.2. The molecule has 0 saturated carbocycles. The van der Waals surface area contributed by atoms with Crippen LogP contribution in [0.4, 0.5) is 5.13 Å². The highest BCUT2D eigenvalue weighted by molar-refractivity contribution is 7.15. The van der Waals surface area contributed by atoms with Gasteiger partial charge in [0, 0.05) is 26.4 Å². The van der Waals surface area contributed by atoms with Crippen molar-refractivity contribution in [3.8, 4) is 0 Å². The van der Waals surface area contributed by atoms with E-state index in [2.05, 4.69) is 55.9 Å². The summed E-state index contributed by atoms with van der Waals surface area (Å²) in [5.74, 6) is -0.0537. The minimum absolute atomic E-state index is 0.0537. The predicted molar refractivity (Wildman–Crippen MR) is 111 cm³/mol. The maximum absolute atomic E-state index is 11.0. The van der Waals surface area contributed by atoms with Gasteiger partial charge in [0.1, 0.15) is 11.1 Å². The number of rotatable bonds is 5. The van der Waals surface area contributed by atoms with Crippen molar-refractivity contribution < 1.29 is 9.63 Å². The molecule has 2 aliphatic heterocycles. The summed E-state index contributed by atoms with van der Waals surface area (Å²) in [5, 5.41) is 17.3. The summed E-state index contributed by atoms with van der Waals surface area (Å²) in [6.07, 6.45) is 3.88. The van der Waals surface area contributed by atoms with Gasteiger partial charge in [-0.25, -0.2) is 0 Å². The van der Waals surface area contributed by atoms with Crippen molar-refractivity contribution in [3.63, 3.8) is 0 Å². The molecule has 1 aromatic carbocycles. The van der Waals surface area contributed by atoms with Crippen LogP contribution in [0.2, 0.25) is 0 Å². The van der Waals surface area contributed by atoms with Crippen LogP contribution in [0.3, 0.4) is 0 Å². The van der Waals surface area contributed by atoms with Gasteiger partial charge in [-0.3, -0.25) is 4.79 Å². The van der Waals surface area contributed by atoms with E-state index in [0.29, 0.717) is 13.0 Å². The Balaban J connectivity index is 1.36. The molecule has 1 amide bonds. The van der Waals surface area contributed by atoms with Gasteiger partial charge in [0.25, 0.3) is 0 Å². The van der Waals surface area contributed by atoms with Crippen molar-refractivity contribution in [1.29, 1.82) is 0 Å². The van der Waals surface area contributed by atoms with E-state index in [1.807, 2.05) is 6.92 Å². The molecule has 1 atom stereocenters. The average Bonchev–Trinajstić information content (AvgIpc) is 3.36. The third kappa shape index (κ3) is 4.22. The Labute approximate surface area is 168 Å². The number of nitrogens with zero attached hydrogens (tertiary/aromatic N) is 4. The number of anilines is 1. The van der Waals surface area contributed by atoms with Gasteiger partial charge in [-0.2, -0.15) is 0 Å². The first-order chi connectivity index (χ1) is 13.6. The van der Waals surface area contributed by atoms with Crippen molar-refractivity contribution >= 4 is 33.7 Å². The van der Waals surface area contributed by atoms with Gasteiger partial charge < -0.3 is 15.1 Å².